The van der Waals surface area contributed by atoms with Gasteiger partial charge in [-0.3, -0.25) is 4.79 Å². The lowest BCUT2D eigenvalue weighted by Gasteiger charge is -2.11. The van der Waals surface area contributed by atoms with E-state index in [0.717, 1.165) is 12.8 Å². The maximum Gasteiger partial charge on any atom is 0.272 e. The first-order valence-corrected chi connectivity index (χ1v) is 6.98. The average Bonchev–Trinajstić information content (AvgIpc) is 3.12. The van der Waals surface area contributed by atoms with Gasteiger partial charge in [0.1, 0.15) is 5.69 Å². The molecule has 3 rings (SSSR count). The number of amides is 1. The Bertz CT molecular complexity index is 678. The molecule has 0 atom stereocenters. The van der Waals surface area contributed by atoms with Crippen molar-refractivity contribution in [3.8, 4) is 5.75 Å². The fourth-order valence-electron chi connectivity index (χ4n) is 2.10. The van der Waals surface area contributed by atoms with E-state index < -0.39 is 0 Å². The zero-order valence-corrected chi connectivity index (χ0v) is 11.9. The van der Waals surface area contributed by atoms with Crippen LogP contribution < -0.4 is 5.32 Å². The van der Waals surface area contributed by atoms with Crippen LogP contribution in [0.15, 0.2) is 30.5 Å². The summed E-state index contributed by atoms with van der Waals surface area (Å²) in [6.45, 7) is 0. The molecule has 0 spiro atoms. The third kappa shape index (κ3) is 2.49. The molecule has 20 heavy (non-hydrogen) atoms. The van der Waals surface area contributed by atoms with E-state index in [9.17, 15) is 9.90 Å². The number of halogens is 2. The second-order valence-corrected chi connectivity index (χ2v) is 5.61. The first kappa shape index (κ1) is 13.3. The van der Waals surface area contributed by atoms with E-state index in [1.807, 2.05) is 16.8 Å². The maximum absolute atomic E-state index is 12.3. The molecule has 1 saturated carbocycles. The third-order valence-electron chi connectivity index (χ3n) is 3.23. The minimum Gasteiger partial charge on any atom is -0.504 e. The molecule has 0 radical (unpaired) electrons. The Balaban J connectivity index is 1.87. The zero-order chi connectivity index (χ0) is 14.3. The highest BCUT2D eigenvalue weighted by molar-refractivity contribution is 6.36. The van der Waals surface area contributed by atoms with Gasteiger partial charge in [0.25, 0.3) is 5.91 Å². The van der Waals surface area contributed by atoms with Crippen molar-refractivity contribution >= 4 is 34.8 Å². The highest BCUT2D eigenvalue weighted by atomic mass is 35.5. The van der Waals surface area contributed by atoms with Gasteiger partial charge in [-0.25, -0.2) is 0 Å². The van der Waals surface area contributed by atoms with Gasteiger partial charge < -0.3 is 15.0 Å². The largest absolute Gasteiger partial charge is 0.504 e. The van der Waals surface area contributed by atoms with Gasteiger partial charge in [0, 0.05) is 17.3 Å². The number of aromatic hydroxyl groups is 1. The molecular weight excluding hydrogens is 299 g/mol. The van der Waals surface area contributed by atoms with Crippen LogP contribution in [-0.2, 0) is 0 Å². The standard InChI is InChI=1S/C14H12Cl2N2O2/c15-8-6-10(16)13(19)11(7-8)17-14(20)12-2-1-5-18(12)9-3-4-9/h1-2,5-7,9,19H,3-4H2,(H,17,20). The van der Waals surface area contributed by atoms with Crippen LogP contribution in [0.4, 0.5) is 5.69 Å². The van der Waals surface area contributed by atoms with E-state index in [0.29, 0.717) is 16.8 Å². The predicted octanol–water partition coefficient (Wildman–Crippen LogP) is 4.09. The molecule has 1 heterocycles. The summed E-state index contributed by atoms with van der Waals surface area (Å²) in [5.74, 6) is -0.482. The van der Waals surface area contributed by atoms with Gasteiger partial charge in [0.05, 0.1) is 10.7 Å². The molecule has 0 saturated heterocycles. The minimum atomic E-state index is -0.296. The quantitative estimate of drug-likeness (QED) is 0.839. The van der Waals surface area contributed by atoms with Crippen molar-refractivity contribution < 1.29 is 9.90 Å². The Labute approximate surface area is 125 Å². The highest BCUT2D eigenvalue weighted by Gasteiger charge is 2.27. The molecule has 0 unspecified atom stereocenters. The fraction of sp³-hybridized carbons (Fsp3) is 0.214. The average molecular weight is 311 g/mol. The number of carbonyl (C=O) groups is 1. The summed E-state index contributed by atoms with van der Waals surface area (Å²) in [7, 11) is 0. The van der Waals surface area contributed by atoms with Crippen LogP contribution in [0.25, 0.3) is 0 Å². The Kier molecular flexibility index (Phi) is 3.36. The predicted molar refractivity (Wildman–Crippen MR) is 78.8 cm³/mol. The van der Waals surface area contributed by atoms with Crippen LogP contribution >= 0.6 is 23.2 Å². The Morgan fingerprint density at radius 1 is 1.35 bits per heavy atom. The van der Waals surface area contributed by atoms with Crippen molar-refractivity contribution in [2.24, 2.45) is 0 Å². The number of aromatic nitrogens is 1. The van der Waals surface area contributed by atoms with Crippen LogP contribution in [-0.4, -0.2) is 15.6 Å². The molecule has 2 aromatic rings. The van der Waals surface area contributed by atoms with Gasteiger partial charge in [-0.05, 0) is 37.1 Å². The number of nitrogens with one attached hydrogen (secondary N) is 1. The van der Waals surface area contributed by atoms with E-state index in [1.54, 1.807) is 6.07 Å². The summed E-state index contributed by atoms with van der Waals surface area (Å²) >= 11 is 11.7. The number of hydrogen-bond acceptors (Lipinski definition) is 2. The van der Waals surface area contributed by atoms with E-state index in [-0.39, 0.29) is 22.4 Å². The summed E-state index contributed by atoms with van der Waals surface area (Å²) in [5.41, 5.74) is 0.763. The van der Waals surface area contributed by atoms with Gasteiger partial charge in [0.2, 0.25) is 0 Å². The lowest BCUT2D eigenvalue weighted by atomic mass is 10.2. The molecule has 1 amide bonds. The summed E-state index contributed by atoms with van der Waals surface area (Å²) in [6, 6.07) is 6.86. The van der Waals surface area contributed by atoms with Crippen molar-refractivity contribution in [3.63, 3.8) is 0 Å². The van der Waals surface area contributed by atoms with Gasteiger partial charge >= 0.3 is 0 Å². The van der Waals surface area contributed by atoms with Crippen molar-refractivity contribution in [2.75, 3.05) is 5.32 Å². The van der Waals surface area contributed by atoms with E-state index in [2.05, 4.69) is 5.32 Å². The highest BCUT2D eigenvalue weighted by Crippen LogP contribution is 2.37. The Morgan fingerprint density at radius 2 is 2.10 bits per heavy atom. The summed E-state index contributed by atoms with van der Waals surface area (Å²) in [6.07, 6.45) is 4.06. The van der Waals surface area contributed by atoms with E-state index in [4.69, 9.17) is 23.2 Å². The van der Waals surface area contributed by atoms with Crippen LogP contribution in [0, 0.1) is 0 Å². The first-order valence-electron chi connectivity index (χ1n) is 6.22. The second kappa shape index (κ2) is 5.04. The van der Waals surface area contributed by atoms with Gasteiger partial charge in [-0.15, -0.1) is 0 Å². The number of phenolic OH excluding ortho intramolecular Hbond substituents is 1. The van der Waals surface area contributed by atoms with Crippen LogP contribution in [0.1, 0.15) is 29.4 Å². The van der Waals surface area contributed by atoms with Crippen molar-refractivity contribution in [2.45, 2.75) is 18.9 Å². The van der Waals surface area contributed by atoms with E-state index in [1.165, 1.54) is 12.1 Å². The van der Waals surface area contributed by atoms with Gasteiger partial charge in [-0.1, -0.05) is 23.2 Å². The zero-order valence-electron chi connectivity index (χ0n) is 10.4. The molecule has 1 aromatic heterocycles. The van der Waals surface area contributed by atoms with Crippen molar-refractivity contribution in [1.82, 2.24) is 4.57 Å². The van der Waals surface area contributed by atoms with Crippen LogP contribution in [0.5, 0.6) is 5.75 Å². The molecule has 4 nitrogen and oxygen atoms in total. The minimum absolute atomic E-state index is 0.102. The summed E-state index contributed by atoms with van der Waals surface area (Å²) < 4.78 is 1.94. The molecule has 0 bridgehead atoms. The maximum atomic E-state index is 12.3. The molecule has 1 aromatic carbocycles. The number of hydrogen-bond donors (Lipinski definition) is 2. The fourth-order valence-corrected chi connectivity index (χ4v) is 2.60. The van der Waals surface area contributed by atoms with Gasteiger partial charge in [0.15, 0.2) is 5.75 Å². The molecule has 1 aliphatic carbocycles. The number of phenols is 1. The summed E-state index contributed by atoms with van der Waals surface area (Å²) in [4.78, 5) is 12.3. The number of rotatable bonds is 3. The van der Waals surface area contributed by atoms with Crippen LogP contribution in [0.2, 0.25) is 10.0 Å². The monoisotopic (exact) mass is 310 g/mol. The van der Waals surface area contributed by atoms with Gasteiger partial charge in [-0.2, -0.15) is 0 Å². The number of benzene rings is 1. The molecule has 2 N–H and O–H groups in total. The SMILES string of the molecule is O=C(Nc1cc(Cl)cc(Cl)c1O)c1cccn1C1CC1. The molecular formula is C14H12Cl2N2O2. The van der Waals surface area contributed by atoms with Crippen molar-refractivity contribution in [1.29, 1.82) is 0 Å². The first-order chi connectivity index (χ1) is 9.56. The molecule has 6 heteroatoms. The smallest absolute Gasteiger partial charge is 0.272 e. The van der Waals surface area contributed by atoms with Crippen LogP contribution in [0.3, 0.4) is 0 Å². The molecule has 1 aliphatic rings. The Morgan fingerprint density at radius 3 is 2.80 bits per heavy atom. The third-order valence-corrected chi connectivity index (χ3v) is 3.73. The molecule has 0 aliphatic heterocycles. The number of anilines is 1. The van der Waals surface area contributed by atoms with Crippen molar-refractivity contribution in [3.05, 3.63) is 46.2 Å². The number of carbonyl (C=O) groups excluding carboxylic acids is 1. The topological polar surface area (TPSA) is 54.3 Å². The summed E-state index contributed by atoms with van der Waals surface area (Å²) in [5, 5.41) is 12.9. The normalized spacial score (nSPS) is 14.3. The lowest BCUT2D eigenvalue weighted by molar-refractivity contribution is 0.101. The second-order valence-electron chi connectivity index (χ2n) is 4.77. The van der Waals surface area contributed by atoms with E-state index >= 15 is 0 Å². The molecule has 1 fully saturated rings. The number of nitrogens with zero attached hydrogens (tertiary/aromatic N) is 1. The Hall–Kier alpha value is -1.65. The molecule has 104 valence electrons. The lowest BCUT2D eigenvalue weighted by Crippen LogP contribution is -2.16.